The fourth-order valence-corrected chi connectivity index (χ4v) is 1.00. The van der Waals surface area contributed by atoms with Crippen LogP contribution < -0.4 is 0 Å². The fourth-order valence-electron chi connectivity index (χ4n) is 0.788. The van der Waals surface area contributed by atoms with Crippen LogP contribution in [0.1, 0.15) is 6.42 Å². The van der Waals surface area contributed by atoms with Gasteiger partial charge < -0.3 is 0 Å². The van der Waals surface area contributed by atoms with Crippen LogP contribution in [0.2, 0.25) is 0 Å². The minimum absolute atomic E-state index is 0.871. The first-order chi connectivity index (χ1) is 4.84. The van der Waals surface area contributed by atoms with Crippen molar-refractivity contribution in [2.45, 2.75) is 6.42 Å². The topological polar surface area (TPSA) is 0 Å². The van der Waals surface area contributed by atoms with E-state index < -0.39 is 0 Å². The third-order valence-corrected chi connectivity index (χ3v) is 1.65. The van der Waals surface area contributed by atoms with Gasteiger partial charge in [-0.15, -0.1) is 0 Å². The van der Waals surface area contributed by atoms with E-state index in [1.807, 2.05) is 35.9 Å². The minimum atomic E-state index is 0.871. The fraction of sp³-hybridized carbons (Fsp3) is 0.125. The molecule has 1 aliphatic rings. The molecule has 0 unspecified atom stereocenters. The Balaban J connectivity index is 2.87. The summed E-state index contributed by atoms with van der Waals surface area (Å²) in [5.41, 5.74) is 1.00. The van der Waals surface area contributed by atoms with E-state index in [2.05, 4.69) is 10.5 Å². The maximum atomic E-state index is 5.07. The van der Waals surface area contributed by atoms with E-state index in [9.17, 15) is 0 Å². The average molecular weight is 140 g/mol. The third-order valence-electron chi connectivity index (χ3n) is 1.26. The Morgan fingerprint density at radius 2 is 2.40 bits per heavy atom. The van der Waals surface area contributed by atoms with Crippen molar-refractivity contribution in [3.05, 3.63) is 23.8 Å². The molecule has 0 fully saturated rings. The summed E-state index contributed by atoms with van der Waals surface area (Å²) >= 11 is 6.89. The summed E-state index contributed by atoms with van der Waals surface area (Å²) in [6.07, 6.45) is 6.87. The second-order valence-corrected chi connectivity index (χ2v) is 2.50. The Morgan fingerprint density at radius 1 is 1.60 bits per heavy atom. The van der Waals surface area contributed by atoms with Gasteiger partial charge in [-0.05, 0) is 0 Å². The van der Waals surface area contributed by atoms with Gasteiger partial charge in [0.15, 0.2) is 0 Å². The van der Waals surface area contributed by atoms with E-state index in [-0.39, 0.29) is 0 Å². The summed E-state index contributed by atoms with van der Waals surface area (Å²) in [6.45, 7) is 0. The Hall–Kier alpha value is -0.273. The first-order valence-corrected chi connectivity index (χ1v) is 3.58. The van der Waals surface area contributed by atoms with Crippen LogP contribution in [-0.2, 0) is 0 Å². The van der Waals surface area contributed by atoms with E-state index in [4.69, 9.17) is 12.2 Å². The molecule has 0 radical (unpaired) electrons. The van der Waals surface area contributed by atoms with Gasteiger partial charge in [0, 0.05) is 0 Å². The molecule has 1 aliphatic carbocycles. The number of allylic oxidation sites excluding steroid dienone is 4. The first-order valence-electron chi connectivity index (χ1n) is 3.17. The van der Waals surface area contributed by atoms with Crippen LogP contribution >= 0.6 is 12.2 Å². The van der Waals surface area contributed by atoms with Gasteiger partial charge in [0.2, 0.25) is 0 Å². The van der Waals surface area contributed by atoms with Crippen molar-refractivity contribution in [2.75, 3.05) is 0 Å². The molecular weight excluding hydrogens is 135 g/mol. The van der Waals surface area contributed by atoms with Crippen LogP contribution in [0.3, 0.4) is 0 Å². The third kappa shape index (κ3) is 1.86. The van der Waals surface area contributed by atoms with Gasteiger partial charge in [-0.1, -0.05) is 0 Å². The molecule has 0 aliphatic heterocycles. The molecule has 0 aromatic rings. The van der Waals surface area contributed by atoms with Crippen molar-refractivity contribution in [2.24, 2.45) is 0 Å². The van der Waals surface area contributed by atoms with Crippen LogP contribution in [0.5, 0.6) is 0 Å². The SMILES string of the molecule is [Li][C]#CC1=CC=CCC1=S. The predicted molar refractivity (Wildman–Crippen MR) is 48.0 cm³/mol. The molecule has 44 valence electrons. The normalized spacial score (nSPS) is 15.8. The molecule has 0 atom stereocenters. The summed E-state index contributed by atoms with van der Waals surface area (Å²) in [6, 6.07) is 0. The van der Waals surface area contributed by atoms with Gasteiger partial charge in [-0.2, -0.15) is 0 Å². The Bertz CT molecular complexity index is 263. The van der Waals surface area contributed by atoms with E-state index in [0.717, 1.165) is 16.9 Å². The molecule has 0 N–H and O–H groups in total. The van der Waals surface area contributed by atoms with Crippen LogP contribution in [0.4, 0.5) is 0 Å². The molecule has 0 aromatic heterocycles. The van der Waals surface area contributed by atoms with Gasteiger partial charge in [-0.3, -0.25) is 0 Å². The zero-order valence-corrected chi connectivity index (χ0v) is 6.66. The van der Waals surface area contributed by atoms with Crippen molar-refractivity contribution in [1.82, 2.24) is 0 Å². The number of hydrogen-bond donors (Lipinski definition) is 0. The van der Waals surface area contributed by atoms with Crippen LogP contribution in [0, 0.1) is 10.5 Å². The second-order valence-electron chi connectivity index (χ2n) is 2.01. The van der Waals surface area contributed by atoms with Crippen molar-refractivity contribution in [3.63, 3.8) is 0 Å². The van der Waals surface area contributed by atoms with Crippen molar-refractivity contribution in [1.29, 1.82) is 0 Å². The number of thiocarbonyl (C=S) groups is 1. The summed E-state index contributed by atoms with van der Waals surface area (Å²) in [4.78, 5) is 0.955. The van der Waals surface area contributed by atoms with Crippen LogP contribution in [0.15, 0.2) is 23.8 Å². The van der Waals surface area contributed by atoms with Gasteiger partial charge in [-0.25, -0.2) is 0 Å². The second kappa shape index (κ2) is 3.79. The molecule has 0 aromatic carbocycles. The Kier molecular flexibility index (Phi) is 2.97. The molecule has 0 amide bonds. The van der Waals surface area contributed by atoms with E-state index >= 15 is 0 Å². The van der Waals surface area contributed by atoms with Crippen LogP contribution in [-0.4, -0.2) is 22.6 Å². The average Bonchev–Trinajstić information content (AvgIpc) is 1.94. The quantitative estimate of drug-likeness (QED) is 0.278. The van der Waals surface area contributed by atoms with Crippen molar-refractivity contribution in [3.8, 4) is 10.5 Å². The molecule has 0 nitrogen and oxygen atoms in total. The van der Waals surface area contributed by atoms with E-state index in [0.29, 0.717) is 0 Å². The molecule has 0 saturated heterocycles. The van der Waals surface area contributed by atoms with Crippen LogP contribution in [0.25, 0.3) is 0 Å². The monoisotopic (exact) mass is 140 g/mol. The Labute approximate surface area is 75.6 Å². The molecular formula is C8H5LiS. The standard InChI is InChI=1S/C8H5S.Li/c1-2-7-5-3-4-6-8(7)9;/h3-5H,6H2;. The Morgan fingerprint density at radius 3 is 3.00 bits per heavy atom. The summed E-state index contributed by atoms with van der Waals surface area (Å²) in [7, 11) is 0. The maximum absolute atomic E-state index is 5.07. The number of rotatable bonds is 0. The molecule has 0 saturated carbocycles. The molecule has 2 heteroatoms. The molecule has 10 heavy (non-hydrogen) atoms. The first kappa shape index (κ1) is 7.83. The summed E-state index contributed by atoms with van der Waals surface area (Å²) in [5, 5.41) is 0. The van der Waals surface area contributed by atoms with Crippen molar-refractivity contribution < 1.29 is 0 Å². The van der Waals surface area contributed by atoms with E-state index in [1.54, 1.807) is 0 Å². The zero-order chi connectivity index (χ0) is 7.40. The molecule has 1 rings (SSSR count). The predicted octanol–water partition coefficient (Wildman–Crippen LogP) is 1.37. The molecule has 0 spiro atoms. The summed E-state index contributed by atoms with van der Waals surface area (Å²) < 4.78 is 2.83. The van der Waals surface area contributed by atoms with Gasteiger partial charge in [0.05, 0.1) is 0 Å². The van der Waals surface area contributed by atoms with E-state index in [1.165, 1.54) is 0 Å². The zero-order valence-electron chi connectivity index (χ0n) is 5.85. The van der Waals surface area contributed by atoms with Crippen molar-refractivity contribution >= 4 is 34.8 Å². The molecule has 0 bridgehead atoms. The van der Waals surface area contributed by atoms with Gasteiger partial charge >= 0.3 is 75.5 Å². The van der Waals surface area contributed by atoms with Gasteiger partial charge in [0.25, 0.3) is 0 Å². The number of hydrogen-bond acceptors (Lipinski definition) is 1. The molecule has 0 heterocycles. The van der Waals surface area contributed by atoms with Gasteiger partial charge in [0.1, 0.15) is 0 Å². The summed E-state index contributed by atoms with van der Waals surface area (Å²) in [5.74, 6) is 2.95.